The monoisotopic (exact) mass is 387 g/mol. The average molecular weight is 387 g/mol. The zero-order chi connectivity index (χ0) is 20.4. The van der Waals surface area contributed by atoms with Crippen LogP contribution in [0.15, 0.2) is 55.1 Å². The van der Waals surface area contributed by atoms with Gasteiger partial charge in [-0.05, 0) is 56.7 Å². The highest BCUT2D eigenvalue weighted by atomic mass is 16.1. The van der Waals surface area contributed by atoms with E-state index in [2.05, 4.69) is 25.4 Å². The summed E-state index contributed by atoms with van der Waals surface area (Å²) in [5.41, 5.74) is 3.36. The Bertz CT molecular complexity index is 1160. The van der Waals surface area contributed by atoms with Crippen molar-refractivity contribution >= 4 is 5.91 Å². The van der Waals surface area contributed by atoms with Crippen LogP contribution in [0.1, 0.15) is 33.1 Å². The van der Waals surface area contributed by atoms with Crippen molar-refractivity contribution in [3.8, 4) is 11.6 Å². The van der Waals surface area contributed by atoms with Gasteiger partial charge < -0.3 is 5.32 Å². The maximum atomic E-state index is 12.5. The topological polar surface area (TPSA) is 90.5 Å². The second-order valence-corrected chi connectivity index (χ2v) is 6.79. The van der Waals surface area contributed by atoms with Gasteiger partial charge >= 0.3 is 0 Å². The standard InChI is InChI=1S/C21H21N7O/c1-14-10-15(2)28(26-14)19-5-4-18(13-24-19)21(29)25-12-17-6-7-23-20(11-17)27-9-8-22-16(27)3/h4-11,13H,12H2,1-3H3,(H,25,29). The normalized spacial score (nSPS) is 10.9. The molecule has 0 unspecified atom stereocenters. The third kappa shape index (κ3) is 3.91. The number of amides is 1. The number of carbonyl (C=O) groups is 1. The lowest BCUT2D eigenvalue weighted by molar-refractivity contribution is 0.0950. The first-order chi connectivity index (χ1) is 14.0. The zero-order valence-corrected chi connectivity index (χ0v) is 16.5. The summed E-state index contributed by atoms with van der Waals surface area (Å²) in [6, 6.07) is 9.33. The third-order valence-corrected chi connectivity index (χ3v) is 4.57. The molecule has 4 aromatic rings. The molecule has 1 amide bonds. The molecule has 8 nitrogen and oxygen atoms in total. The van der Waals surface area contributed by atoms with Crippen LogP contribution < -0.4 is 5.32 Å². The van der Waals surface area contributed by atoms with E-state index >= 15 is 0 Å². The second kappa shape index (κ2) is 7.67. The molecular formula is C21H21N7O. The molecule has 1 N–H and O–H groups in total. The highest BCUT2D eigenvalue weighted by Crippen LogP contribution is 2.12. The molecule has 0 radical (unpaired) electrons. The van der Waals surface area contributed by atoms with Crippen molar-refractivity contribution in [2.45, 2.75) is 27.3 Å². The first kappa shape index (κ1) is 18.5. The summed E-state index contributed by atoms with van der Waals surface area (Å²) in [6.45, 7) is 6.21. The van der Waals surface area contributed by atoms with Crippen molar-refractivity contribution in [3.05, 3.63) is 83.5 Å². The van der Waals surface area contributed by atoms with Crippen molar-refractivity contribution in [1.29, 1.82) is 0 Å². The molecule has 0 saturated carbocycles. The summed E-state index contributed by atoms with van der Waals surface area (Å²) in [6.07, 6.45) is 6.87. The van der Waals surface area contributed by atoms with Crippen molar-refractivity contribution in [3.63, 3.8) is 0 Å². The Balaban J connectivity index is 1.44. The van der Waals surface area contributed by atoms with E-state index in [1.807, 2.05) is 49.7 Å². The summed E-state index contributed by atoms with van der Waals surface area (Å²) in [4.78, 5) is 25.5. The molecule has 0 spiro atoms. The summed E-state index contributed by atoms with van der Waals surface area (Å²) >= 11 is 0. The van der Waals surface area contributed by atoms with Crippen LogP contribution in [0.25, 0.3) is 11.6 Å². The van der Waals surface area contributed by atoms with Gasteiger partial charge in [-0.15, -0.1) is 0 Å². The lowest BCUT2D eigenvalue weighted by atomic mass is 10.2. The molecule has 4 rings (SSSR count). The number of carbonyl (C=O) groups excluding carboxylic acids is 1. The molecule has 0 aliphatic carbocycles. The summed E-state index contributed by atoms with van der Waals surface area (Å²) < 4.78 is 3.65. The maximum Gasteiger partial charge on any atom is 0.253 e. The van der Waals surface area contributed by atoms with Crippen LogP contribution in [0.4, 0.5) is 0 Å². The Morgan fingerprint density at radius 3 is 2.52 bits per heavy atom. The van der Waals surface area contributed by atoms with Crippen LogP contribution in [-0.2, 0) is 6.54 Å². The Morgan fingerprint density at radius 2 is 1.86 bits per heavy atom. The molecule has 4 heterocycles. The van der Waals surface area contributed by atoms with Gasteiger partial charge in [-0.2, -0.15) is 5.10 Å². The third-order valence-electron chi connectivity index (χ3n) is 4.57. The van der Waals surface area contributed by atoms with E-state index in [-0.39, 0.29) is 5.91 Å². The fraction of sp³-hybridized carbons (Fsp3) is 0.190. The lowest BCUT2D eigenvalue weighted by Crippen LogP contribution is -2.23. The van der Waals surface area contributed by atoms with Gasteiger partial charge in [0.2, 0.25) is 0 Å². The minimum Gasteiger partial charge on any atom is -0.348 e. The van der Waals surface area contributed by atoms with Crippen LogP contribution in [-0.4, -0.2) is 35.2 Å². The van der Waals surface area contributed by atoms with Gasteiger partial charge in [-0.1, -0.05) is 0 Å². The molecule has 8 heteroatoms. The molecule has 146 valence electrons. The quantitative estimate of drug-likeness (QED) is 0.569. The minimum atomic E-state index is -0.186. The molecule has 0 saturated heterocycles. The van der Waals surface area contributed by atoms with Crippen molar-refractivity contribution in [2.75, 3.05) is 0 Å². The largest absolute Gasteiger partial charge is 0.348 e. The van der Waals surface area contributed by atoms with Crippen LogP contribution in [0.5, 0.6) is 0 Å². The number of aromatic nitrogens is 6. The predicted octanol–water partition coefficient (Wildman–Crippen LogP) is 2.70. The summed E-state index contributed by atoms with van der Waals surface area (Å²) in [5, 5.41) is 7.33. The van der Waals surface area contributed by atoms with Crippen LogP contribution in [0.3, 0.4) is 0 Å². The second-order valence-electron chi connectivity index (χ2n) is 6.79. The van der Waals surface area contributed by atoms with E-state index in [9.17, 15) is 4.79 Å². The van der Waals surface area contributed by atoms with Gasteiger partial charge in [0.15, 0.2) is 5.82 Å². The summed E-state index contributed by atoms with van der Waals surface area (Å²) in [7, 11) is 0. The minimum absolute atomic E-state index is 0.186. The van der Waals surface area contributed by atoms with Gasteiger partial charge in [0.05, 0.1) is 11.3 Å². The molecule has 0 fully saturated rings. The molecule has 0 aliphatic heterocycles. The predicted molar refractivity (Wildman–Crippen MR) is 108 cm³/mol. The average Bonchev–Trinajstić information content (AvgIpc) is 3.31. The lowest BCUT2D eigenvalue weighted by Gasteiger charge is -2.09. The Kier molecular flexibility index (Phi) is 4.90. The van der Waals surface area contributed by atoms with E-state index in [4.69, 9.17) is 0 Å². The van der Waals surface area contributed by atoms with Crippen LogP contribution >= 0.6 is 0 Å². The Labute approximate surface area is 168 Å². The van der Waals surface area contributed by atoms with Crippen molar-refractivity contribution in [1.82, 2.24) is 34.6 Å². The number of pyridine rings is 2. The molecule has 4 aromatic heterocycles. The van der Waals surface area contributed by atoms with E-state index in [0.29, 0.717) is 17.9 Å². The van der Waals surface area contributed by atoms with E-state index in [0.717, 1.165) is 28.6 Å². The molecule has 0 bridgehead atoms. The highest BCUT2D eigenvalue weighted by Gasteiger charge is 2.10. The number of hydrogen-bond donors (Lipinski definition) is 1. The van der Waals surface area contributed by atoms with Crippen LogP contribution in [0, 0.1) is 20.8 Å². The first-order valence-electron chi connectivity index (χ1n) is 9.24. The van der Waals surface area contributed by atoms with Crippen molar-refractivity contribution in [2.24, 2.45) is 0 Å². The molecule has 0 aliphatic rings. The molecular weight excluding hydrogens is 366 g/mol. The number of nitrogens with one attached hydrogen (secondary N) is 1. The van der Waals surface area contributed by atoms with Crippen LogP contribution in [0.2, 0.25) is 0 Å². The zero-order valence-electron chi connectivity index (χ0n) is 16.5. The number of aryl methyl sites for hydroxylation is 3. The maximum absolute atomic E-state index is 12.5. The summed E-state index contributed by atoms with van der Waals surface area (Å²) in [5.74, 6) is 2.12. The fourth-order valence-electron chi connectivity index (χ4n) is 3.11. The van der Waals surface area contributed by atoms with Gasteiger partial charge in [-0.25, -0.2) is 19.6 Å². The smallest absolute Gasteiger partial charge is 0.253 e. The van der Waals surface area contributed by atoms with E-state index in [1.165, 1.54) is 0 Å². The number of hydrogen-bond acceptors (Lipinski definition) is 5. The Hall–Kier alpha value is -3.81. The number of nitrogens with zero attached hydrogens (tertiary/aromatic N) is 6. The fourth-order valence-corrected chi connectivity index (χ4v) is 3.11. The van der Waals surface area contributed by atoms with E-state index < -0.39 is 0 Å². The SMILES string of the molecule is Cc1cc(C)n(-c2ccc(C(=O)NCc3ccnc(-n4ccnc4C)c3)cn2)n1. The Morgan fingerprint density at radius 1 is 1.00 bits per heavy atom. The molecule has 0 atom stereocenters. The molecule has 0 aromatic carbocycles. The first-order valence-corrected chi connectivity index (χ1v) is 9.24. The van der Waals surface area contributed by atoms with E-state index in [1.54, 1.807) is 35.4 Å². The highest BCUT2D eigenvalue weighted by molar-refractivity contribution is 5.93. The number of imidazole rings is 1. The molecule has 29 heavy (non-hydrogen) atoms. The van der Waals surface area contributed by atoms with Gasteiger partial charge in [0, 0.05) is 37.0 Å². The van der Waals surface area contributed by atoms with Crippen molar-refractivity contribution < 1.29 is 4.79 Å². The van der Waals surface area contributed by atoms with Gasteiger partial charge in [0.25, 0.3) is 5.91 Å². The van der Waals surface area contributed by atoms with Gasteiger partial charge in [-0.3, -0.25) is 9.36 Å². The van der Waals surface area contributed by atoms with Gasteiger partial charge in [0.1, 0.15) is 11.6 Å². The number of rotatable bonds is 5.